The van der Waals surface area contributed by atoms with Gasteiger partial charge in [0.1, 0.15) is 6.04 Å². The third-order valence-corrected chi connectivity index (χ3v) is 4.07. The second kappa shape index (κ2) is 3.81. The molecule has 15 heavy (non-hydrogen) atoms. The van der Waals surface area contributed by atoms with E-state index in [-0.39, 0.29) is 0 Å². The first-order valence-electron chi connectivity index (χ1n) is 5.04. The number of rotatable bonds is 3. The highest BCUT2D eigenvalue weighted by Gasteiger charge is 2.23. The molecule has 0 saturated heterocycles. The van der Waals surface area contributed by atoms with E-state index in [9.17, 15) is 4.79 Å². The number of aromatic nitrogens is 1. The molecular formula is C10H14N2O2S. The van der Waals surface area contributed by atoms with Gasteiger partial charge in [-0.05, 0) is 26.2 Å². The summed E-state index contributed by atoms with van der Waals surface area (Å²) in [6, 6.07) is -0.517. The highest BCUT2D eigenvalue weighted by molar-refractivity contribution is 7.15. The Morgan fingerprint density at radius 3 is 2.93 bits per heavy atom. The summed E-state index contributed by atoms with van der Waals surface area (Å²) in [6.07, 6.45) is 3.33. The monoisotopic (exact) mass is 226 g/mol. The number of nitrogens with zero attached hydrogens (tertiary/aromatic N) is 2. The molecular weight excluding hydrogens is 212 g/mol. The minimum Gasteiger partial charge on any atom is -0.480 e. The third kappa shape index (κ3) is 1.84. The molecule has 0 amide bonds. The first-order valence-corrected chi connectivity index (χ1v) is 5.85. The maximum Gasteiger partial charge on any atom is 0.326 e. The van der Waals surface area contributed by atoms with Crippen molar-refractivity contribution in [3.05, 3.63) is 10.6 Å². The van der Waals surface area contributed by atoms with Crippen molar-refractivity contribution >= 4 is 22.4 Å². The Labute approximate surface area is 92.6 Å². The van der Waals surface area contributed by atoms with Gasteiger partial charge in [-0.3, -0.25) is 0 Å². The van der Waals surface area contributed by atoms with Gasteiger partial charge in [-0.15, -0.1) is 11.3 Å². The molecule has 0 radical (unpaired) electrons. The van der Waals surface area contributed by atoms with Gasteiger partial charge in [0.05, 0.1) is 5.69 Å². The van der Waals surface area contributed by atoms with Crippen LogP contribution in [0.5, 0.6) is 0 Å². The van der Waals surface area contributed by atoms with Crippen LogP contribution in [0.4, 0.5) is 5.13 Å². The van der Waals surface area contributed by atoms with Crippen molar-refractivity contribution in [2.75, 3.05) is 11.9 Å². The molecule has 1 aliphatic rings. The molecule has 0 fully saturated rings. The van der Waals surface area contributed by atoms with Gasteiger partial charge in [0.2, 0.25) is 0 Å². The molecule has 1 unspecified atom stereocenters. The first-order chi connectivity index (χ1) is 7.09. The van der Waals surface area contributed by atoms with Crippen molar-refractivity contribution in [1.29, 1.82) is 0 Å². The van der Waals surface area contributed by atoms with Crippen LogP contribution in [0.3, 0.4) is 0 Å². The summed E-state index contributed by atoms with van der Waals surface area (Å²) in [7, 11) is 1.78. The molecule has 82 valence electrons. The van der Waals surface area contributed by atoms with Crippen LogP contribution >= 0.6 is 11.3 Å². The van der Waals surface area contributed by atoms with Crippen LogP contribution in [-0.2, 0) is 17.6 Å². The van der Waals surface area contributed by atoms with Crippen molar-refractivity contribution in [2.45, 2.75) is 32.2 Å². The summed E-state index contributed by atoms with van der Waals surface area (Å²) < 4.78 is 0. The van der Waals surface area contributed by atoms with Gasteiger partial charge in [0.15, 0.2) is 5.13 Å². The van der Waals surface area contributed by atoms with E-state index in [4.69, 9.17) is 5.11 Å². The van der Waals surface area contributed by atoms with Crippen molar-refractivity contribution in [3.8, 4) is 0 Å². The molecule has 4 nitrogen and oxygen atoms in total. The number of anilines is 1. The molecule has 5 heteroatoms. The average molecular weight is 226 g/mol. The molecule has 1 N–H and O–H groups in total. The Morgan fingerprint density at radius 2 is 2.33 bits per heavy atom. The van der Waals surface area contributed by atoms with E-state index in [0.717, 1.165) is 18.0 Å². The van der Waals surface area contributed by atoms with Crippen molar-refractivity contribution < 1.29 is 9.90 Å². The zero-order chi connectivity index (χ0) is 11.0. The Bertz CT molecular complexity index is 367. The number of aliphatic carboxylic acids is 1. The number of thiazole rings is 1. The van der Waals surface area contributed by atoms with Crippen LogP contribution < -0.4 is 4.90 Å². The van der Waals surface area contributed by atoms with Crippen molar-refractivity contribution in [2.24, 2.45) is 0 Å². The maximum atomic E-state index is 10.8. The van der Waals surface area contributed by atoms with E-state index in [2.05, 4.69) is 4.98 Å². The number of fused-ring (bicyclic) bond motifs is 1. The van der Waals surface area contributed by atoms with E-state index < -0.39 is 12.0 Å². The van der Waals surface area contributed by atoms with E-state index in [1.54, 1.807) is 30.2 Å². The molecule has 0 aromatic carbocycles. The van der Waals surface area contributed by atoms with E-state index in [0.29, 0.717) is 0 Å². The average Bonchev–Trinajstić information content (AvgIpc) is 2.74. The van der Waals surface area contributed by atoms with Crippen LogP contribution in [0.25, 0.3) is 0 Å². The molecule has 1 heterocycles. The molecule has 1 aromatic heterocycles. The van der Waals surface area contributed by atoms with Crippen LogP contribution in [0.2, 0.25) is 0 Å². The van der Waals surface area contributed by atoms with Gasteiger partial charge >= 0.3 is 5.97 Å². The summed E-state index contributed by atoms with van der Waals surface area (Å²) in [4.78, 5) is 18.4. The zero-order valence-electron chi connectivity index (χ0n) is 8.86. The fraction of sp³-hybridized carbons (Fsp3) is 0.600. The van der Waals surface area contributed by atoms with Gasteiger partial charge in [-0.2, -0.15) is 0 Å². The number of aryl methyl sites for hydroxylation is 2. The van der Waals surface area contributed by atoms with Crippen molar-refractivity contribution in [3.63, 3.8) is 0 Å². The highest BCUT2D eigenvalue weighted by Crippen LogP contribution is 2.32. The normalized spacial score (nSPS) is 16.1. The van der Waals surface area contributed by atoms with Gasteiger partial charge < -0.3 is 10.0 Å². The summed E-state index contributed by atoms with van der Waals surface area (Å²) in [5, 5.41) is 9.72. The van der Waals surface area contributed by atoms with Crippen LogP contribution in [-0.4, -0.2) is 29.1 Å². The van der Waals surface area contributed by atoms with E-state index in [1.807, 2.05) is 0 Å². The summed E-state index contributed by atoms with van der Waals surface area (Å²) >= 11 is 1.63. The lowest BCUT2D eigenvalue weighted by Crippen LogP contribution is -2.35. The number of carboxylic acid groups (broad SMARTS) is 1. The van der Waals surface area contributed by atoms with Crippen LogP contribution in [0, 0.1) is 0 Å². The number of hydrogen-bond acceptors (Lipinski definition) is 4. The number of carboxylic acids is 1. The standard InChI is InChI=1S/C10H14N2O2S/c1-6(9(13)14)12(2)10-11-7-4-3-5-8(7)15-10/h6H,3-5H2,1-2H3,(H,13,14). The Kier molecular flexibility index (Phi) is 2.65. The zero-order valence-corrected chi connectivity index (χ0v) is 9.67. The summed E-state index contributed by atoms with van der Waals surface area (Å²) in [6.45, 7) is 1.68. The highest BCUT2D eigenvalue weighted by atomic mass is 32.1. The third-order valence-electron chi connectivity index (χ3n) is 2.82. The molecule has 0 spiro atoms. The number of likely N-dealkylation sites (N-methyl/N-ethyl adjacent to an activating group) is 1. The molecule has 1 aromatic rings. The summed E-state index contributed by atoms with van der Waals surface area (Å²) in [5.41, 5.74) is 1.17. The minimum absolute atomic E-state index is 0.517. The first kappa shape index (κ1) is 10.4. The number of carbonyl (C=O) groups is 1. The van der Waals surface area contributed by atoms with E-state index in [1.165, 1.54) is 17.0 Å². The SMILES string of the molecule is CC(C(=O)O)N(C)c1nc2c(s1)CCC2. The molecule has 0 aliphatic heterocycles. The molecule has 1 aliphatic carbocycles. The lowest BCUT2D eigenvalue weighted by molar-refractivity contribution is -0.138. The van der Waals surface area contributed by atoms with Gasteiger partial charge in [0, 0.05) is 11.9 Å². The predicted octanol–water partition coefficient (Wildman–Crippen LogP) is 1.54. The smallest absolute Gasteiger partial charge is 0.326 e. The maximum absolute atomic E-state index is 10.8. The van der Waals surface area contributed by atoms with E-state index >= 15 is 0 Å². The predicted molar refractivity (Wildman–Crippen MR) is 59.6 cm³/mol. The summed E-state index contributed by atoms with van der Waals surface area (Å²) in [5.74, 6) is -0.812. The lowest BCUT2D eigenvalue weighted by atomic mass is 10.3. The van der Waals surface area contributed by atoms with Gasteiger partial charge in [0.25, 0.3) is 0 Å². The van der Waals surface area contributed by atoms with Gasteiger partial charge in [-0.1, -0.05) is 0 Å². The molecule has 1 atom stereocenters. The Hall–Kier alpha value is -1.10. The Morgan fingerprint density at radius 1 is 1.60 bits per heavy atom. The quantitative estimate of drug-likeness (QED) is 0.849. The molecule has 0 bridgehead atoms. The second-order valence-electron chi connectivity index (χ2n) is 3.84. The van der Waals surface area contributed by atoms with Crippen molar-refractivity contribution in [1.82, 2.24) is 4.98 Å². The molecule has 2 rings (SSSR count). The molecule has 0 saturated carbocycles. The Balaban J connectivity index is 2.19. The number of hydrogen-bond donors (Lipinski definition) is 1. The topological polar surface area (TPSA) is 53.4 Å². The largest absolute Gasteiger partial charge is 0.480 e. The van der Waals surface area contributed by atoms with Gasteiger partial charge in [-0.25, -0.2) is 9.78 Å². The lowest BCUT2D eigenvalue weighted by Gasteiger charge is -2.20. The van der Waals surface area contributed by atoms with Crippen LogP contribution in [0.1, 0.15) is 23.9 Å². The minimum atomic E-state index is -0.812. The van der Waals surface area contributed by atoms with Crippen LogP contribution in [0.15, 0.2) is 0 Å². The fourth-order valence-electron chi connectivity index (χ4n) is 1.66. The second-order valence-corrected chi connectivity index (χ2v) is 4.91. The fourth-order valence-corrected chi connectivity index (χ4v) is 2.85.